The van der Waals surface area contributed by atoms with Crippen LogP contribution in [0.25, 0.3) is 0 Å². The third-order valence-corrected chi connectivity index (χ3v) is 2.56. The predicted octanol–water partition coefficient (Wildman–Crippen LogP) is 1.99. The third kappa shape index (κ3) is 3.70. The monoisotopic (exact) mass is 287 g/mol. The Balaban J connectivity index is 2.19. The summed E-state index contributed by atoms with van der Waals surface area (Å²) in [5, 5.41) is 17.5. The number of hydrogen-bond donors (Lipinski definition) is 1. The van der Waals surface area contributed by atoms with Gasteiger partial charge in [-0.25, -0.2) is 0 Å². The van der Waals surface area contributed by atoms with E-state index in [1.54, 1.807) is 13.2 Å². The highest BCUT2D eigenvalue weighted by atomic mass is 19.4. The van der Waals surface area contributed by atoms with Crippen molar-refractivity contribution in [2.24, 2.45) is 7.05 Å². The molecule has 1 atom stereocenters. The van der Waals surface area contributed by atoms with Crippen molar-refractivity contribution in [2.75, 3.05) is 0 Å². The number of nitrogens with zero attached hydrogens (tertiary/aromatic N) is 3. The lowest BCUT2D eigenvalue weighted by atomic mass is 10.0. The van der Waals surface area contributed by atoms with Crippen LogP contribution in [0.3, 0.4) is 0 Å². The Hall–Kier alpha value is -2.09. The van der Waals surface area contributed by atoms with E-state index in [9.17, 15) is 18.3 Å². The van der Waals surface area contributed by atoms with Gasteiger partial charge in [0.05, 0.1) is 11.8 Å². The molecule has 1 unspecified atom stereocenters. The molecule has 0 fully saturated rings. The highest BCUT2D eigenvalue weighted by Gasteiger charge is 2.32. The number of aliphatic hydroxyl groups excluding tert-OH is 1. The lowest BCUT2D eigenvalue weighted by Gasteiger charge is -2.16. The fraction of sp³-hybridized carbons (Fsp3) is 0.333. The smallest absolute Gasteiger partial charge is 0.405 e. The summed E-state index contributed by atoms with van der Waals surface area (Å²) in [5.74, 6) is -0.420. The highest BCUT2D eigenvalue weighted by molar-refractivity contribution is 5.35. The molecule has 0 saturated carbocycles. The molecule has 20 heavy (non-hydrogen) atoms. The molecule has 0 amide bonds. The van der Waals surface area contributed by atoms with Gasteiger partial charge in [0.15, 0.2) is 0 Å². The van der Waals surface area contributed by atoms with Gasteiger partial charge in [0, 0.05) is 25.2 Å². The Morgan fingerprint density at radius 3 is 2.65 bits per heavy atom. The molecule has 0 spiro atoms. The van der Waals surface area contributed by atoms with Gasteiger partial charge >= 0.3 is 6.36 Å². The zero-order valence-electron chi connectivity index (χ0n) is 10.5. The van der Waals surface area contributed by atoms with E-state index in [2.05, 4.69) is 15.0 Å². The van der Waals surface area contributed by atoms with Crippen LogP contribution < -0.4 is 4.74 Å². The van der Waals surface area contributed by atoms with Gasteiger partial charge < -0.3 is 9.84 Å². The number of para-hydroxylation sites is 1. The molecule has 1 aromatic carbocycles. The maximum Gasteiger partial charge on any atom is 0.573 e. The van der Waals surface area contributed by atoms with Crippen LogP contribution >= 0.6 is 0 Å². The SMILES string of the molecule is Cn1cc(CC(O)c2ccccc2OC(F)(F)F)nn1. The van der Waals surface area contributed by atoms with Crippen molar-refractivity contribution in [3.63, 3.8) is 0 Å². The second-order valence-corrected chi connectivity index (χ2v) is 4.19. The maximum atomic E-state index is 12.3. The van der Waals surface area contributed by atoms with Gasteiger partial charge in [-0.2, -0.15) is 0 Å². The van der Waals surface area contributed by atoms with Crippen LogP contribution in [0.1, 0.15) is 17.4 Å². The summed E-state index contributed by atoms with van der Waals surface area (Å²) in [5.41, 5.74) is 0.525. The number of aromatic nitrogens is 3. The summed E-state index contributed by atoms with van der Waals surface area (Å²) in [6, 6.07) is 5.46. The molecule has 0 bridgehead atoms. The van der Waals surface area contributed by atoms with Crippen molar-refractivity contribution < 1.29 is 23.0 Å². The highest BCUT2D eigenvalue weighted by Crippen LogP contribution is 2.31. The van der Waals surface area contributed by atoms with E-state index in [1.807, 2.05) is 0 Å². The Bertz CT molecular complexity index is 583. The molecule has 0 aliphatic rings. The molecule has 0 aliphatic heterocycles. The Morgan fingerprint density at radius 2 is 2.05 bits per heavy atom. The molecule has 108 valence electrons. The van der Waals surface area contributed by atoms with Crippen LogP contribution in [0.2, 0.25) is 0 Å². The van der Waals surface area contributed by atoms with Crippen LogP contribution in [-0.4, -0.2) is 26.5 Å². The van der Waals surface area contributed by atoms with Gasteiger partial charge in [0.2, 0.25) is 0 Å². The largest absolute Gasteiger partial charge is 0.573 e. The van der Waals surface area contributed by atoms with Crippen molar-refractivity contribution in [3.8, 4) is 5.75 Å². The first-order valence-corrected chi connectivity index (χ1v) is 5.73. The number of ether oxygens (including phenoxy) is 1. The number of aryl methyl sites for hydroxylation is 1. The fourth-order valence-electron chi connectivity index (χ4n) is 1.77. The lowest BCUT2D eigenvalue weighted by molar-refractivity contribution is -0.275. The minimum Gasteiger partial charge on any atom is -0.405 e. The minimum absolute atomic E-state index is 0.0477. The first kappa shape index (κ1) is 14.3. The van der Waals surface area contributed by atoms with Crippen LogP contribution in [-0.2, 0) is 13.5 Å². The molecule has 8 heteroatoms. The van der Waals surface area contributed by atoms with E-state index in [0.717, 1.165) is 6.07 Å². The molecule has 5 nitrogen and oxygen atoms in total. The summed E-state index contributed by atoms with van der Waals surface area (Å²) >= 11 is 0. The second kappa shape index (κ2) is 5.49. The number of benzene rings is 1. The second-order valence-electron chi connectivity index (χ2n) is 4.19. The summed E-state index contributed by atoms with van der Waals surface area (Å²) in [4.78, 5) is 0. The van der Waals surface area contributed by atoms with E-state index in [1.165, 1.54) is 22.9 Å². The zero-order valence-corrected chi connectivity index (χ0v) is 10.5. The third-order valence-electron chi connectivity index (χ3n) is 2.56. The van der Waals surface area contributed by atoms with E-state index < -0.39 is 18.2 Å². The summed E-state index contributed by atoms with van der Waals surface area (Å²) in [6.45, 7) is 0. The molecular weight excluding hydrogens is 275 g/mol. The normalized spacial score (nSPS) is 13.2. The van der Waals surface area contributed by atoms with Gasteiger partial charge in [0.25, 0.3) is 0 Å². The summed E-state index contributed by atoms with van der Waals surface area (Å²) in [6.07, 6.45) is -4.34. The Labute approximate surface area is 112 Å². The molecule has 2 rings (SSSR count). The van der Waals surface area contributed by atoms with Crippen molar-refractivity contribution >= 4 is 0 Å². The molecular formula is C12H12F3N3O2. The summed E-state index contributed by atoms with van der Waals surface area (Å²) < 4.78 is 42.2. The molecule has 2 aromatic rings. The number of rotatable bonds is 4. The van der Waals surface area contributed by atoms with E-state index in [0.29, 0.717) is 5.69 Å². The molecule has 0 aliphatic carbocycles. The topological polar surface area (TPSA) is 60.2 Å². The van der Waals surface area contributed by atoms with Gasteiger partial charge in [-0.05, 0) is 6.07 Å². The molecule has 0 saturated heterocycles. The van der Waals surface area contributed by atoms with Crippen LogP contribution in [0.15, 0.2) is 30.5 Å². The molecule has 0 radical (unpaired) electrons. The van der Waals surface area contributed by atoms with Crippen molar-refractivity contribution in [2.45, 2.75) is 18.9 Å². The number of hydrogen-bond acceptors (Lipinski definition) is 4. The van der Waals surface area contributed by atoms with Gasteiger partial charge in [-0.1, -0.05) is 23.4 Å². The lowest BCUT2D eigenvalue weighted by Crippen LogP contribution is -2.19. The Kier molecular flexibility index (Phi) is 3.93. The molecule has 1 N–H and O–H groups in total. The van der Waals surface area contributed by atoms with Gasteiger partial charge in [-0.15, -0.1) is 18.3 Å². The first-order chi connectivity index (χ1) is 9.35. The maximum absolute atomic E-state index is 12.3. The number of alkyl halides is 3. The van der Waals surface area contributed by atoms with Crippen molar-refractivity contribution in [3.05, 3.63) is 41.7 Å². The molecule has 1 aromatic heterocycles. The van der Waals surface area contributed by atoms with Crippen molar-refractivity contribution in [1.29, 1.82) is 0 Å². The quantitative estimate of drug-likeness (QED) is 0.934. The fourth-order valence-corrected chi connectivity index (χ4v) is 1.77. The average Bonchev–Trinajstić information content (AvgIpc) is 2.73. The van der Waals surface area contributed by atoms with E-state index in [4.69, 9.17) is 0 Å². The number of aliphatic hydroxyl groups is 1. The molecule has 1 heterocycles. The van der Waals surface area contributed by atoms with Crippen LogP contribution in [0, 0.1) is 0 Å². The predicted molar refractivity (Wildman–Crippen MR) is 62.8 cm³/mol. The minimum atomic E-state index is -4.80. The van der Waals surface area contributed by atoms with Gasteiger partial charge in [-0.3, -0.25) is 4.68 Å². The first-order valence-electron chi connectivity index (χ1n) is 5.73. The van der Waals surface area contributed by atoms with Crippen molar-refractivity contribution in [1.82, 2.24) is 15.0 Å². The van der Waals surface area contributed by atoms with E-state index >= 15 is 0 Å². The Morgan fingerprint density at radius 1 is 1.35 bits per heavy atom. The summed E-state index contributed by atoms with van der Waals surface area (Å²) in [7, 11) is 1.66. The average molecular weight is 287 g/mol. The standard InChI is InChI=1S/C12H12F3N3O2/c1-18-7-8(16-17-18)6-10(19)9-4-2-3-5-11(9)20-12(13,14)15/h2-5,7,10,19H,6H2,1H3. The van der Waals surface area contributed by atoms with Crippen LogP contribution in [0.4, 0.5) is 13.2 Å². The van der Waals surface area contributed by atoms with Crippen LogP contribution in [0.5, 0.6) is 5.75 Å². The number of halogens is 3. The zero-order chi connectivity index (χ0) is 14.8. The van der Waals surface area contributed by atoms with Gasteiger partial charge in [0.1, 0.15) is 5.75 Å². The van der Waals surface area contributed by atoms with E-state index in [-0.39, 0.29) is 12.0 Å².